The quantitative estimate of drug-likeness (QED) is 0.358. The van der Waals surface area contributed by atoms with E-state index in [0.717, 1.165) is 28.2 Å². The van der Waals surface area contributed by atoms with Crippen molar-refractivity contribution in [1.82, 2.24) is 4.90 Å². The molecule has 0 spiro atoms. The Bertz CT molecular complexity index is 1210. The third-order valence-corrected chi connectivity index (χ3v) is 6.75. The molecule has 1 atom stereocenters. The number of hydrogen-bond donors (Lipinski definition) is 1. The fourth-order valence-corrected chi connectivity index (χ4v) is 5.05. The maximum Gasteiger partial charge on any atom is 0.295 e. The summed E-state index contributed by atoms with van der Waals surface area (Å²) >= 11 is 1.45. The molecule has 32 heavy (non-hydrogen) atoms. The van der Waals surface area contributed by atoms with Crippen molar-refractivity contribution in [3.8, 4) is 11.5 Å². The van der Waals surface area contributed by atoms with Crippen molar-refractivity contribution in [3.05, 3.63) is 87.1 Å². The summed E-state index contributed by atoms with van der Waals surface area (Å²) in [5.74, 6) is 0.0487. The molecule has 5 rings (SSSR count). The van der Waals surface area contributed by atoms with Crippen LogP contribution < -0.4 is 9.47 Å². The summed E-state index contributed by atoms with van der Waals surface area (Å²) in [4.78, 5) is 28.5. The average Bonchev–Trinajstić information content (AvgIpc) is 3.55. The largest absolute Gasteiger partial charge is 0.507 e. The number of aliphatic hydroxyl groups is 1. The summed E-state index contributed by atoms with van der Waals surface area (Å²) in [6, 6.07) is 15.8. The zero-order valence-electron chi connectivity index (χ0n) is 17.4. The molecule has 3 heterocycles. The number of methoxy groups -OCH3 is 1. The van der Waals surface area contributed by atoms with Gasteiger partial charge < -0.3 is 19.5 Å². The number of likely N-dealkylation sites (tertiary alicyclic amines) is 1. The van der Waals surface area contributed by atoms with Gasteiger partial charge in [0.05, 0.1) is 25.3 Å². The first-order valence-corrected chi connectivity index (χ1v) is 11.2. The van der Waals surface area contributed by atoms with E-state index in [0.29, 0.717) is 17.9 Å². The SMILES string of the molecule is COc1ccc(CN2C(=O)C(=O)/C(=C(\O)c3ccc4c(c3)CCO4)C2c2cccs2)cc1. The van der Waals surface area contributed by atoms with Crippen LogP contribution in [0.3, 0.4) is 0 Å². The first-order valence-electron chi connectivity index (χ1n) is 10.3. The molecule has 7 heteroatoms. The van der Waals surface area contributed by atoms with Crippen LogP contribution in [0.25, 0.3) is 5.76 Å². The minimum absolute atomic E-state index is 0.116. The third kappa shape index (κ3) is 3.44. The monoisotopic (exact) mass is 447 g/mol. The molecule has 2 aliphatic heterocycles. The second kappa shape index (κ2) is 8.16. The van der Waals surface area contributed by atoms with Gasteiger partial charge in [-0.1, -0.05) is 18.2 Å². The summed E-state index contributed by atoms with van der Waals surface area (Å²) in [5.41, 5.74) is 2.47. The molecule has 2 aliphatic rings. The Balaban J connectivity index is 1.57. The Morgan fingerprint density at radius 2 is 2.00 bits per heavy atom. The number of fused-ring (bicyclic) bond motifs is 1. The molecule has 1 unspecified atom stereocenters. The van der Waals surface area contributed by atoms with Gasteiger partial charge in [-0.25, -0.2) is 0 Å². The molecular formula is C25H21NO5S. The maximum absolute atomic E-state index is 13.1. The molecule has 0 saturated carbocycles. The topological polar surface area (TPSA) is 76.1 Å². The number of rotatable bonds is 5. The van der Waals surface area contributed by atoms with E-state index in [4.69, 9.17) is 9.47 Å². The highest BCUT2D eigenvalue weighted by atomic mass is 32.1. The smallest absolute Gasteiger partial charge is 0.295 e. The van der Waals surface area contributed by atoms with E-state index < -0.39 is 17.7 Å². The predicted molar refractivity (Wildman–Crippen MR) is 121 cm³/mol. The molecule has 1 aromatic heterocycles. The van der Waals surface area contributed by atoms with Crippen molar-refractivity contribution in [2.45, 2.75) is 19.0 Å². The molecule has 1 saturated heterocycles. The van der Waals surface area contributed by atoms with Gasteiger partial charge in [0.15, 0.2) is 0 Å². The molecule has 2 aromatic carbocycles. The summed E-state index contributed by atoms with van der Waals surface area (Å²) in [7, 11) is 1.59. The second-order valence-electron chi connectivity index (χ2n) is 7.71. The molecule has 0 bridgehead atoms. The minimum atomic E-state index is -0.675. The van der Waals surface area contributed by atoms with Crippen molar-refractivity contribution in [2.24, 2.45) is 0 Å². The van der Waals surface area contributed by atoms with Crippen LogP contribution in [0.4, 0.5) is 0 Å². The number of nitrogens with zero attached hydrogens (tertiary/aromatic N) is 1. The Morgan fingerprint density at radius 3 is 2.72 bits per heavy atom. The van der Waals surface area contributed by atoms with Gasteiger partial charge in [-0.05, 0) is 52.9 Å². The summed E-state index contributed by atoms with van der Waals surface area (Å²) in [5, 5.41) is 13.1. The summed E-state index contributed by atoms with van der Waals surface area (Å²) in [6.45, 7) is 0.840. The van der Waals surface area contributed by atoms with E-state index in [1.807, 2.05) is 47.8 Å². The second-order valence-corrected chi connectivity index (χ2v) is 8.69. The van der Waals surface area contributed by atoms with E-state index in [9.17, 15) is 14.7 Å². The molecule has 0 aliphatic carbocycles. The van der Waals surface area contributed by atoms with Gasteiger partial charge in [-0.15, -0.1) is 11.3 Å². The highest BCUT2D eigenvalue weighted by molar-refractivity contribution is 7.10. The number of thiophene rings is 1. The molecule has 162 valence electrons. The van der Waals surface area contributed by atoms with Crippen molar-refractivity contribution in [2.75, 3.05) is 13.7 Å². The Labute approximate surface area is 189 Å². The van der Waals surface area contributed by atoms with E-state index in [2.05, 4.69) is 0 Å². The van der Waals surface area contributed by atoms with Crippen LogP contribution in [0.15, 0.2) is 65.6 Å². The van der Waals surface area contributed by atoms with Crippen LogP contribution in [-0.4, -0.2) is 35.4 Å². The summed E-state index contributed by atoms with van der Waals surface area (Å²) < 4.78 is 10.7. The number of carbonyl (C=O) groups excluding carboxylic acids is 2. The van der Waals surface area contributed by atoms with Gasteiger partial charge in [0, 0.05) is 23.4 Å². The molecular weight excluding hydrogens is 426 g/mol. The summed E-state index contributed by atoms with van der Waals surface area (Å²) in [6.07, 6.45) is 0.747. The number of ketones is 1. The van der Waals surface area contributed by atoms with Crippen LogP contribution in [0.2, 0.25) is 0 Å². The lowest BCUT2D eigenvalue weighted by Crippen LogP contribution is -2.28. The van der Waals surface area contributed by atoms with Gasteiger partial charge in [-0.3, -0.25) is 9.59 Å². The molecule has 3 aromatic rings. The molecule has 0 radical (unpaired) electrons. The maximum atomic E-state index is 13.1. The van der Waals surface area contributed by atoms with Crippen molar-refractivity contribution in [3.63, 3.8) is 0 Å². The first-order chi connectivity index (χ1) is 15.6. The fraction of sp³-hybridized carbons (Fsp3) is 0.200. The van der Waals surface area contributed by atoms with E-state index >= 15 is 0 Å². The van der Waals surface area contributed by atoms with Crippen LogP contribution in [-0.2, 0) is 22.6 Å². The van der Waals surface area contributed by atoms with Gasteiger partial charge in [0.2, 0.25) is 0 Å². The number of amides is 1. The highest BCUT2D eigenvalue weighted by Gasteiger charge is 2.46. The first kappa shape index (κ1) is 20.3. The van der Waals surface area contributed by atoms with Crippen molar-refractivity contribution >= 4 is 28.8 Å². The van der Waals surface area contributed by atoms with Crippen LogP contribution in [0.5, 0.6) is 11.5 Å². The van der Waals surface area contributed by atoms with Crippen molar-refractivity contribution < 1.29 is 24.2 Å². The fourth-order valence-electron chi connectivity index (χ4n) is 4.20. The van der Waals surface area contributed by atoms with Crippen molar-refractivity contribution in [1.29, 1.82) is 0 Å². The van der Waals surface area contributed by atoms with Crippen LogP contribution >= 0.6 is 11.3 Å². The normalized spacial score (nSPS) is 19.2. The molecule has 6 nitrogen and oxygen atoms in total. The standard InChI is InChI=1S/C25H21NO5S/c1-30-18-7-4-15(5-8-18)14-26-22(20-3-2-12-32-20)21(24(28)25(26)29)23(27)17-6-9-19-16(13-17)10-11-31-19/h2-9,12-13,22,27H,10-11,14H2,1H3/b23-21-. The van der Waals surface area contributed by atoms with Gasteiger partial charge in [0.1, 0.15) is 17.3 Å². The Hall–Kier alpha value is -3.58. The Kier molecular flexibility index (Phi) is 5.19. The number of aliphatic hydroxyl groups excluding tert-OH is 1. The Morgan fingerprint density at radius 1 is 1.19 bits per heavy atom. The van der Waals surface area contributed by atoms with Crippen LogP contribution in [0, 0.1) is 0 Å². The number of benzene rings is 2. The number of ether oxygens (including phenoxy) is 2. The predicted octanol–water partition coefficient (Wildman–Crippen LogP) is 4.31. The lowest BCUT2D eigenvalue weighted by Gasteiger charge is -2.24. The number of Topliss-reactive ketones (excluding diaryl/α,β-unsaturated/α-hetero) is 1. The minimum Gasteiger partial charge on any atom is -0.507 e. The van der Waals surface area contributed by atoms with E-state index in [1.165, 1.54) is 16.2 Å². The highest BCUT2D eigenvalue weighted by Crippen LogP contribution is 2.42. The zero-order chi connectivity index (χ0) is 22.2. The van der Waals surface area contributed by atoms with E-state index in [-0.39, 0.29) is 17.9 Å². The lowest BCUT2D eigenvalue weighted by atomic mass is 9.98. The number of carbonyl (C=O) groups is 2. The van der Waals surface area contributed by atoms with Gasteiger partial charge in [-0.2, -0.15) is 0 Å². The van der Waals surface area contributed by atoms with Crippen LogP contribution in [0.1, 0.15) is 27.6 Å². The van der Waals surface area contributed by atoms with Gasteiger partial charge >= 0.3 is 0 Å². The van der Waals surface area contributed by atoms with Gasteiger partial charge in [0.25, 0.3) is 11.7 Å². The number of hydrogen-bond acceptors (Lipinski definition) is 6. The average molecular weight is 448 g/mol. The molecule has 1 N–H and O–H groups in total. The van der Waals surface area contributed by atoms with E-state index in [1.54, 1.807) is 19.2 Å². The third-order valence-electron chi connectivity index (χ3n) is 5.83. The zero-order valence-corrected chi connectivity index (χ0v) is 18.2. The lowest BCUT2D eigenvalue weighted by molar-refractivity contribution is -0.140. The molecule has 1 amide bonds. The molecule has 1 fully saturated rings.